The van der Waals surface area contributed by atoms with Crippen molar-refractivity contribution in [1.82, 2.24) is 10.6 Å². The molecule has 0 aliphatic carbocycles. The number of hydrogen-bond acceptors (Lipinski definition) is 15. The minimum atomic E-state index is -2.07. The Bertz CT molecular complexity index is 1220. The van der Waals surface area contributed by atoms with Crippen molar-refractivity contribution < 1.29 is 79.1 Å². The number of thioether (sulfide) groups is 1. The largest absolute Gasteiger partial charge is 0.507 e. The summed E-state index contributed by atoms with van der Waals surface area (Å²) in [7, 11) is 0. The van der Waals surface area contributed by atoms with Gasteiger partial charge < -0.3 is 66.7 Å². The summed E-state index contributed by atoms with van der Waals surface area (Å²) in [4.78, 5) is 69.9. The van der Waals surface area contributed by atoms with Gasteiger partial charge in [-0.25, -0.2) is 9.59 Å². The number of aliphatic carboxylic acids is 3. The number of ether oxygens (including phenoxy) is 2. The van der Waals surface area contributed by atoms with Crippen molar-refractivity contribution in [2.24, 2.45) is 5.73 Å². The lowest BCUT2D eigenvalue weighted by molar-refractivity contribution is -0.278. The molecule has 1 saturated heterocycles. The summed E-state index contributed by atoms with van der Waals surface area (Å²) in [6.45, 7) is -0.810. The summed E-state index contributed by atoms with van der Waals surface area (Å²) >= 11 is 0.591. The highest BCUT2D eigenvalue weighted by Crippen LogP contribution is 2.38. The van der Waals surface area contributed by atoms with Crippen LogP contribution in [0.5, 0.6) is 11.5 Å². The van der Waals surface area contributed by atoms with E-state index in [0.29, 0.717) is 11.8 Å². The molecule has 1 aromatic rings. The van der Waals surface area contributed by atoms with Gasteiger partial charge in [-0.1, -0.05) is 0 Å². The predicted molar refractivity (Wildman–Crippen MR) is 138 cm³/mol. The molecule has 1 fully saturated rings. The van der Waals surface area contributed by atoms with Crippen molar-refractivity contribution >= 4 is 47.5 Å². The molecule has 0 radical (unpaired) electrons. The van der Waals surface area contributed by atoms with E-state index in [1.165, 1.54) is 0 Å². The number of esters is 1. The highest BCUT2D eigenvalue weighted by atomic mass is 32.2. The first-order valence-electron chi connectivity index (χ1n) is 12.1. The molecule has 0 aromatic heterocycles. The molecule has 12 N–H and O–H groups in total. The van der Waals surface area contributed by atoms with Crippen LogP contribution in [-0.2, 0) is 33.4 Å². The third kappa shape index (κ3) is 9.66. The van der Waals surface area contributed by atoms with Crippen LogP contribution < -0.4 is 16.4 Å². The van der Waals surface area contributed by atoms with Crippen molar-refractivity contribution in [2.75, 3.05) is 12.3 Å². The van der Waals surface area contributed by atoms with Crippen molar-refractivity contribution in [3.8, 4) is 11.5 Å². The van der Waals surface area contributed by atoms with Gasteiger partial charge in [0.15, 0.2) is 6.10 Å². The molecule has 20 heteroatoms. The number of carbonyl (C=O) groups excluding carboxylic acids is 3. The van der Waals surface area contributed by atoms with Crippen LogP contribution in [0, 0.1) is 0 Å². The molecule has 7 atom stereocenters. The molecular weight excluding hydrogens is 606 g/mol. The summed E-state index contributed by atoms with van der Waals surface area (Å²) in [6.07, 6.45) is -11.0. The Kier molecular flexibility index (Phi) is 12.5. The average Bonchev–Trinajstić information content (AvgIpc) is 2.93. The first-order valence-corrected chi connectivity index (χ1v) is 13.1. The van der Waals surface area contributed by atoms with Gasteiger partial charge in [-0.15, -0.1) is 11.8 Å². The van der Waals surface area contributed by atoms with Crippen molar-refractivity contribution in [2.45, 2.75) is 60.5 Å². The number of aliphatic hydroxyl groups is 3. The first kappa shape index (κ1) is 35.0. The lowest BCUT2D eigenvalue weighted by atomic mass is 9.99. The molecule has 0 bridgehead atoms. The van der Waals surface area contributed by atoms with Gasteiger partial charge in [0.25, 0.3) is 0 Å². The summed E-state index contributed by atoms with van der Waals surface area (Å²) in [5, 5.41) is 81.5. The van der Waals surface area contributed by atoms with Gasteiger partial charge in [0, 0.05) is 12.2 Å². The Balaban J connectivity index is 2.15. The van der Waals surface area contributed by atoms with Crippen molar-refractivity contribution in [3.63, 3.8) is 0 Å². The number of hydrogen-bond donors (Lipinski definition) is 11. The Labute approximate surface area is 245 Å². The molecule has 1 heterocycles. The Hall–Kier alpha value is -4.21. The van der Waals surface area contributed by atoms with Crippen LogP contribution in [-0.4, -0.2) is 132 Å². The van der Waals surface area contributed by atoms with Crippen LogP contribution in [0.4, 0.5) is 0 Å². The minimum Gasteiger partial charge on any atom is -0.507 e. The Morgan fingerprint density at radius 3 is 2.12 bits per heavy atom. The SMILES string of the molecule is NC(CCC(=O)NC(CSc1c(O)cc(C(=O)OC2OC(C(=O)O)C(O)C(O)C2O)cc1O)C(=O)NCC(=O)O)C(=O)O. The van der Waals surface area contributed by atoms with E-state index in [1.54, 1.807) is 0 Å². The van der Waals surface area contributed by atoms with Crippen molar-refractivity contribution in [1.29, 1.82) is 0 Å². The minimum absolute atomic E-state index is 0.281. The lowest BCUT2D eigenvalue weighted by Gasteiger charge is -2.37. The van der Waals surface area contributed by atoms with E-state index in [-0.39, 0.29) is 11.3 Å². The molecular formula is C23H29N3O16S. The molecule has 2 rings (SSSR count). The predicted octanol–water partition coefficient (Wildman–Crippen LogP) is -3.88. The number of nitrogens with one attached hydrogen (secondary N) is 2. The van der Waals surface area contributed by atoms with E-state index in [9.17, 15) is 54.3 Å². The van der Waals surface area contributed by atoms with Crippen LogP contribution in [0.2, 0.25) is 0 Å². The zero-order valence-corrected chi connectivity index (χ0v) is 22.7. The molecule has 1 aromatic carbocycles. The Morgan fingerprint density at radius 1 is 0.977 bits per heavy atom. The topological polar surface area (TPSA) is 333 Å². The van der Waals surface area contributed by atoms with Gasteiger partial charge in [0.1, 0.15) is 48.4 Å². The third-order valence-electron chi connectivity index (χ3n) is 5.78. The quantitative estimate of drug-likeness (QED) is 0.0687. The highest BCUT2D eigenvalue weighted by Gasteiger charge is 2.48. The Morgan fingerprint density at radius 2 is 1.58 bits per heavy atom. The van der Waals surface area contributed by atoms with E-state index < -0.39 is 114 Å². The van der Waals surface area contributed by atoms with Crippen molar-refractivity contribution in [3.05, 3.63) is 17.7 Å². The fraction of sp³-hybridized carbons (Fsp3) is 0.478. The standard InChI is InChI=1S/C23H29N3O16S/c24-8(20(36)37)1-2-12(29)26-9(19(35)25-5-13(30)31)6-43-18-10(27)3-7(4-11(18)28)22(40)42-23-16(34)14(32)15(33)17(41-23)21(38)39/h3-4,8-9,14-17,23,27-28,32-34H,1-2,5-6,24H2,(H,25,35)(H,26,29)(H,30,31)(H,36,37)(H,38,39). The van der Waals surface area contributed by atoms with E-state index >= 15 is 0 Å². The number of aromatic hydroxyl groups is 2. The molecule has 19 nitrogen and oxygen atoms in total. The van der Waals surface area contributed by atoms with E-state index in [0.717, 1.165) is 12.1 Å². The molecule has 1 aliphatic rings. The number of phenolic OH excluding ortho intramolecular Hbond substituents is 2. The number of carbonyl (C=O) groups is 6. The summed E-state index contributed by atoms with van der Waals surface area (Å²) < 4.78 is 9.68. The monoisotopic (exact) mass is 635 g/mol. The molecule has 7 unspecified atom stereocenters. The van der Waals surface area contributed by atoms with Gasteiger partial charge in [-0.3, -0.25) is 19.2 Å². The van der Waals surface area contributed by atoms with Gasteiger partial charge >= 0.3 is 23.9 Å². The lowest BCUT2D eigenvalue weighted by Crippen LogP contribution is -2.60. The molecule has 0 saturated carbocycles. The zero-order valence-electron chi connectivity index (χ0n) is 21.9. The van der Waals surface area contributed by atoms with Crippen LogP contribution >= 0.6 is 11.8 Å². The zero-order chi connectivity index (χ0) is 32.6. The van der Waals surface area contributed by atoms with E-state index in [2.05, 4.69) is 5.32 Å². The molecule has 0 spiro atoms. The summed E-state index contributed by atoms with van der Waals surface area (Å²) in [5.74, 6) is -9.53. The maximum absolute atomic E-state index is 12.6. The van der Waals surface area contributed by atoms with Crippen LogP contribution in [0.25, 0.3) is 0 Å². The normalized spacial score (nSPS) is 22.9. The van der Waals surface area contributed by atoms with Gasteiger partial charge in [-0.2, -0.15) is 0 Å². The first-order chi connectivity index (χ1) is 20.0. The van der Waals surface area contributed by atoms with Gasteiger partial charge in [0.2, 0.25) is 18.1 Å². The van der Waals surface area contributed by atoms with E-state index in [4.69, 9.17) is 30.5 Å². The average molecular weight is 636 g/mol. The van der Waals surface area contributed by atoms with Gasteiger partial charge in [-0.05, 0) is 18.6 Å². The second-order valence-electron chi connectivity index (χ2n) is 9.01. The molecule has 238 valence electrons. The fourth-order valence-corrected chi connectivity index (χ4v) is 4.48. The molecule has 2 amide bonds. The molecule has 1 aliphatic heterocycles. The summed E-state index contributed by atoms with van der Waals surface area (Å²) in [5.41, 5.74) is 4.81. The number of rotatable bonds is 14. The molecule has 43 heavy (non-hydrogen) atoms. The fourth-order valence-electron chi connectivity index (χ4n) is 3.50. The van der Waals surface area contributed by atoms with Crippen LogP contribution in [0.15, 0.2) is 17.0 Å². The van der Waals surface area contributed by atoms with Crippen LogP contribution in [0.3, 0.4) is 0 Å². The maximum atomic E-state index is 12.6. The number of phenols is 2. The number of aliphatic hydroxyl groups excluding tert-OH is 3. The number of carboxylic acids is 3. The number of benzene rings is 1. The second kappa shape index (κ2) is 15.3. The van der Waals surface area contributed by atoms with Gasteiger partial charge in [0.05, 0.1) is 10.5 Å². The highest BCUT2D eigenvalue weighted by molar-refractivity contribution is 7.99. The number of nitrogens with two attached hydrogens (primary N) is 1. The van der Waals surface area contributed by atoms with Crippen LogP contribution in [0.1, 0.15) is 23.2 Å². The smallest absolute Gasteiger partial charge is 0.340 e. The maximum Gasteiger partial charge on any atom is 0.340 e. The second-order valence-corrected chi connectivity index (χ2v) is 10.0. The van der Waals surface area contributed by atoms with E-state index in [1.807, 2.05) is 5.32 Å². The summed E-state index contributed by atoms with van der Waals surface area (Å²) in [6, 6.07) is -1.24. The third-order valence-corrected chi connectivity index (χ3v) is 6.99. The number of amides is 2. The number of carboxylic acid groups (broad SMARTS) is 3.